The number of hydrogen-bond acceptors (Lipinski definition) is 2. The van der Waals surface area contributed by atoms with Gasteiger partial charge in [-0.3, -0.25) is 0 Å². The van der Waals surface area contributed by atoms with Gasteiger partial charge in [0.05, 0.1) is 11.9 Å². The van der Waals surface area contributed by atoms with Crippen molar-refractivity contribution >= 4 is 0 Å². The Kier molecular flexibility index (Phi) is 8.56. The van der Waals surface area contributed by atoms with Gasteiger partial charge in [-0.25, -0.2) is 4.68 Å². The smallest absolute Gasteiger partial charge is 0.0725 e. The lowest BCUT2D eigenvalue weighted by Crippen LogP contribution is -2.06. The fourth-order valence-electron chi connectivity index (χ4n) is 2.52. The monoisotopic (exact) mass is 279 g/mol. The Morgan fingerprint density at radius 2 is 1.55 bits per heavy atom. The Labute approximate surface area is 125 Å². The summed E-state index contributed by atoms with van der Waals surface area (Å²) in [6.07, 6.45) is 12.3. The summed E-state index contributed by atoms with van der Waals surface area (Å²) in [5.74, 6) is 1.64. The van der Waals surface area contributed by atoms with Crippen molar-refractivity contribution < 1.29 is 0 Å². The minimum Gasteiger partial charge on any atom is -0.249 e. The molecule has 3 nitrogen and oxygen atoms in total. The zero-order valence-electron chi connectivity index (χ0n) is 13.9. The molecule has 0 aliphatic heterocycles. The average molecular weight is 279 g/mol. The maximum atomic E-state index is 4.23. The van der Waals surface area contributed by atoms with Gasteiger partial charge in [0, 0.05) is 6.54 Å². The highest BCUT2D eigenvalue weighted by Gasteiger charge is 2.04. The molecule has 0 spiro atoms. The molecule has 0 unspecified atom stereocenters. The van der Waals surface area contributed by atoms with Crippen LogP contribution in [-0.2, 0) is 13.0 Å². The Hall–Kier alpha value is -0.860. The number of hydrogen-bond donors (Lipinski definition) is 0. The second kappa shape index (κ2) is 9.95. The minimum atomic E-state index is 0.792. The molecule has 20 heavy (non-hydrogen) atoms. The van der Waals surface area contributed by atoms with Crippen LogP contribution in [0, 0.1) is 11.8 Å². The van der Waals surface area contributed by atoms with Crippen molar-refractivity contribution in [2.45, 2.75) is 85.6 Å². The van der Waals surface area contributed by atoms with Crippen molar-refractivity contribution in [1.82, 2.24) is 15.0 Å². The Bertz CT molecular complexity index is 342. The summed E-state index contributed by atoms with van der Waals surface area (Å²) in [6.45, 7) is 10.2. The van der Waals surface area contributed by atoms with Gasteiger partial charge in [-0.05, 0) is 31.1 Å². The molecule has 0 aliphatic rings. The maximum absolute atomic E-state index is 4.23. The molecule has 0 atom stereocenters. The number of aryl methyl sites for hydroxylation is 2. The van der Waals surface area contributed by atoms with Crippen molar-refractivity contribution in [2.75, 3.05) is 0 Å². The molecule has 1 rings (SSSR count). The van der Waals surface area contributed by atoms with Gasteiger partial charge >= 0.3 is 0 Å². The molecule has 116 valence electrons. The van der Waals surface area contributed by atoms with Crippen LogP contribution in [0.5, 0.6) is 0 Å². The second-order valence-corrected chi connectivity index (χ2v) is 6.83. The predicted octanol–water partition coefficient (Wildman–Crippen LogP) is 4.86. The number of rotatable bonds is 11. The van der Waals surface area contributed by atoms with E-state index in [4.69, 9.17) is 0 Å². The lowest BCUT2D eigenvalue weighted by molar-refractivity contribution is 0.476. The molecule has 0 aromatic carbocycles. The third-order valence-corrected chi connectivity index (χ3v) is 3.81. The van der Waals surface area contributed by atoms with Crippen molar-refractivity contribution in [1.29, 1.82) is 0 Å². The standard InChI is InChI=1S/C17H33N3/c1-15(2)10-7-5-6-8-13-20-17(14-18-19-20)12-9-11-16(3)4/h14-16H,5-13H2,1-4H3. The summed E-state index contributed by atoms with van der Waals surface area (Å²) in [5.41, 5.74) is 1.31. The first kappa shape index (κ1) is 17.2. The van der Waals surface area contributed by atoms with E-state index < -0.39 is 0 Å². The third-order valence-electron chi connectivity index (χ3n) is 3.81. The highest BCUT2D eigenvalue weighted by atomic mass is 15.4. The predicted molar refractivity (Wildman–Crippen MR) is 85.7 cm³/mol. The largest absolute Gasteiger partial charge is 0.249 e. The highest BCUT2D eigenvalue weighted by Crippen LogP contribution is 2.12. The molecule has 0 saturated heterocycles. The molecule has 0 aliphatic carbocycles. The van der Waals surface area contributed by atoms with Crippen LogP contribution in [0.2, 0.25) is 0 Å². The first-order valence-corrected chi connectivity index (χ1v) is 8.47. The van der Waals surface area contributed by atoms with E-state index in [1.165, 1.54) is 50.6 Å². The van der Waals surface area contributed by atoms with Crippen LogP contribution < -0.4 is 0 Å². The molecule has 0 bridgehead atoms. The van der Waals surface area contributed by atoms with Crippen LogP contribution in [0.3, 0.4) is 0 Å². The van der Waals surface area contributed by atoms with E-state index in [0.29, 0.717) is 0 Å². The van der Waals surface area contributed by atoms with E-state index in [1.807, 2.05) is 6.20 Å². The van der Waals surface area contributed by atoms with Crippen molar-refractivity contribution in [2.24, 2.45) is 11.8 Å². The molecule has 0 amide bonds. The fraction of sp³-hybridized carbons (Fsp3) is 0.882. The van der Waals surface area contributed by atoms with Crippen LogP contribution in [-0.4, -0.2) is 15.0 Å². The van der Waals surface area contributed by atoms with Gasteiger partial charge in [0.1, 0.15) is 0 Å². The molecule has 0 fully saturated rings. The summed E-state index contributed by atoms with van der Waals surface area (Å²) >= 11 is 0. The zero-order chi connectivity index (χ0) is 14.8. The number of aromatic nitrogens is 3. The van der Waals surface area contributed by atoms with Crippen molar-refractivity contribution in [3.8, 4) is 0 Å². The van der Waals surface area contributed by atoms with Gasteiger partial charge in [0.2, 0.25) is 0 Å². The summed E-state index contributed by atoms with van der Waals surface area (Å²) in [4.78, 5) is 0. The molecular weight excluding hydrogens is 246 g/mol. The fourth-order valence-corrected chi connectivity index (χ4v) is 2.52. The van der Waals surface area contributed by atoms with Gasteiger partial charge in [-0.2, -0.15) is 0 Å². The summed E-state index contributed by atoms with van der Waals surface area (Å²) in [5, 5.41) is 8.30. The van der Waals surface area contributed by atoms with Crippen LogP contribution in [0.1, 0.15) is 78.3 Å². The second-order valence-electron chi connectivity index (χ2n) is 6.83. The van der Waals surface area contributed by atoms with Gasteiger partial charge in [0.25, 0.3) is 0 Å². The zero-order valence-corrected chi connectivity index (χ0v) is 13.9. The molecule has 0 N–H and O–H groups in total. The summed E-state index contributed by atoms with van der Waals surface area (Å²) in [6, 6.07) is 0. The van der Waals surface area contributed by atoms with Gasteiger partial charge < -0.3 is 0 Å². The molecular formula is C17H33N3. The van der Waals surface area contributed by atoms with E-state index in [0.717, 1.165) is 24.8 Å². The van der Waals surface area contributed by atoms with E-state index in [-0.39, 0.29) is 0 Å². The van der Waals surface area contributed by atoms with Crippen LogP contribution in [0.15, 0.2) is 6.20 Å². The average Bonchev–Trinajstić information content (AvgIpc) is 2.80. The SMILES string of the molecule is CC(C)CCCCCCn1nncc1CCCC(C)C. The van der Waals surface area contributed by atoms with Crippen LogP contribution >= 0.6 is 0 Å². The molecule has 1 aromatic heterocycles. The summed E-state index contributed by atoms with van der Waals surface area (Å²) in [7, 11) is 0. The van der Waals surface area contributed by atoms with Gasteiger partial charge in [0.15, 0.2) is 0 Å². The summed E-state index contributed by atoms with van der Waals surface area (Å²) < 4.78 is 2.11. The van der Waals surface area contributed by atoms with E-state index in [9.17, 15) is 0 Å². The molecule has 0 radical (unpaired) electrons. The first-order chi connectivity index (χ1) is 9.59. The van der Waals surface area contributed by atoms with Crippen LogP contribution in [0.25, 0.3) is 0 Å². The van der Waals surface area contributed by atoms with Crippen molar-refractivity contribution in [3.05, 3.63) is 11.9 Å². The Morgan fingerprint density at radius 3 is 2.25 bits per heavy atom. The number of unbranched alkanes of at least 4 members (excludes halogenated alkanes) is 3. The normalized spacial score (nSPS) is 11.7. The van der Waals surface area contributed by atoms with E-state index in [2.05, 4.69) is 42.7 Å². The first-order valence-electron chi connectivity index (χ1n) is 8.47. The lowest BCUT2D eigenvalue weighted by atomic mass is 10.0. The Morgan fingerprint density at radius 1 is 0.900 bits per heavy atom. The molecule has 3 heteroatoms. The van der Waals surface area contributed by atoms with Gasteiger partial charge in [-0.1, -0.05) is 65.0 Å². The van der Waals surface area contributed by atoms with Gasteiger partial charge in [-0.15, -0.1) is 5.10 Å². The van der Waals surface area contributed by atoms with Crippen LogP contribution in [0.4, 0.5) is 0 Å². The molecule has 1 heterocycles. The topological polar surface area (TPSA) is 30.7 Å². The third kappa shape index (κ3) is 7.66. The number of nitrogens with zero attached hydrogens (tertiary/aromatic N) is 3. The quantitative estimate of drug-likeness (QED) is 0.541. The Balaban J connectivity index is 2.15. The van der Waals surface area contributed by atoms with Crippen molar-refractivity contribution in [3.63, 3.8) is 0 Å². The minimum absolute atomic E-state index is 0.792. The molecule has 0 saturated carbocycles. The lowest BCUT2D eigenvalue weighted by Gasteiger charge is -2.08. The molecule has 1 aromatic rings. The maximum Gasteiger partial charge on any atom is 0.0725 e. The van der Waals surface area contributed by atoms with E-state index >= 15 is 0 Å². The van der Waals surface area contributed by atoms with E-state index in [1.54, 1.807) is 0 Å². The highest BCUT2D eigenvalue weighted by molar-refractivity contribution is 4.93.